The Morgan fingerprint density at radius 1 is 1.25 bits per heavy atom. The Morgan fingerprint density at radius 2 is 2.06 bits per heavy atom. The average Bonchev–Trinajstić information content (AvgIpc) is 2.33. The van der Waals surface area contributed by atoms with Crippen molar-refractivity contribution < 1.29 is 0 Å². The van der Waals surface area contributed by atoms with Gasteiger partial charge in [0.05, 0.1) is 12.3 Å². The lowest BCUT2D eigenvalue weighted by molar-refractivity contribution is 0.996. The van der Waals surface area contributed by atoms with Crippen LogP contribution in [0.15, 0.2) is 47.4 Å². The molecule has 4 nitrogen and oxygen atoms in total. The molecule has 0 unspecified atom stereocenters. The minimum Gasteiger partial charge on any atom is -0.394 e. The smallest absolute Gasteiger partial charge is 0.278 e. The van der Waals surface area contributed by atoms with Crippen molar-refractivity contribution in [1.82, 2.24) is 4.57 Å². The van der Waals surface area contributed by atoms with Crippen LogP contribution in [-0.2, 0) is 0 Å². The van der Waals surface area contributed by atoms with Gasteiger partial charge in [-0.25, -0.2) is 4.85 Å². The Labute approximate surface area is 92.4 Å². The second-order valence-corrected chi connectivity index (χ2v) is 3.27. The van der Waals surface area contributed by atoms with Gasteiger partial charge in [-0.05, 0) is 24.3 Å². The minimum atomic E-state index is -0.273. The van der Waals surface area contributed by atoms with E-state index in [1.165, 1.54) is 4.57 Å². The monoisotopic (exact) mass is 211 g/mol. The first-order valence-electron chi connectivity index (χ1n) is 4.67. The van der Waals surface area contributed by atoms with E-state index in [-0.39, 0.29) is 11.2 Å². The number of rotatable bonds is 1. The topological polar surface area (TPSA) is 52.4 Å². The van der Waals surface area contributed by atoms with E-state index < -0.39 is 0 Å². The molecule has 0 aliphatic heterocycles. The molecule has 0 radical (unpaired) electrons. The maximum atomic E-state index is 11.7. The molecule has 2 N–H and O–H groups in total. The summed E-state index contributed by atoms with van der Waals surface area (Å²) in [6.07, 6.45) is 1.63. The molecule has 0 atom stereocenters. The van der Waals surface area contributed by atoms with Crippen molar-refractivity contribution in [3.63, 3.8) is 0 Å². The van der Waals surface area contributed by atoms with Crippen molar-refractivity contribution in [3.8, 4) is 5.69 Å². The van der Waals surface area contributed by atoms with Crippen LogP contribution in [0, 0.1) is 6.57 Å². The molecule has 0 saturated heterocycles. The van der Waals surface area contributed by atoms with Gasteiger partial charge in [0.15, 0.2) is 5.69 Å². The molecule has 1 aromatic carbocycles. The summed E-state index contributed by atoms with van der Waals surface area (Å²) in [5.74, 6) is 0. The van der Waals surface area contributed by atoms with E-state index in [1.54, 1.807) is 42.6 Å². The summed E-state index contributed by atoms with van der Waals surface area (Å²) in [5.41, 5.74) is 6.59. The van der Waals surface area contributed by atoms with Crippen LogP contribution in [0.25, 0.3) is 10.5 Å². The number of anilines is 1. The van der Waals surface area contributed by atoms with Crippen LogP contribution < -0.4 is 11.3 Å². The lowest BCUT2D eigenvalue weighted by Crippen LogP contribution is -2.20. The molecule has 0 amide bonds. The van der Waals surface area contributed by atoms with Gasteiger partial charge < -0.3 is 5.73 Å². The Bertz CT molecular complexity index is 623. The molecule has 1 heterocycles. The highest BCUT2D eigenvalue weighted by Crippen LogP contribution is 2.16. The van der Waals surface area contributed by atoms with Gasteiger partial charge in [0.2, 0.25) is 0 Å². The normalized spacial score (nSPS) is 9.69. The van der Waals surface area contributed by atoms with E-state index in [0.29, 0.717) is 11.4 Å². The number of hydrogen-bond donors (Lipinski definition) is 1. The maximum absolute atomic E-state index is 11.7. The predicted octanol–water partition coefficient (Wildman–Crippen LogP) is 1.97. The zero-order chi connectivity index (χ0) is 11.5. The first kappa shape index (κ1) is 9.99. The Morgan fingerprint density at radius 3 is 2.81 bits per heavy atom. The highest BCUT2D eigenvalue weighted by molar-refractivity contribution is 5.52. The van der Waals surface area contributed by atoms with E-state index in [1.807, 2.05) is 0 Å². The van der Waals surface area contributed by atoms with Crippen LogP contribution in [0.3, 0.4) is 0 Å². The Kier molecular flexibility index (Phi) is 2.44. The van der Waals surface area contributed by atoms with Gasteiger partial charge in [-0.2, -0.15) is 0 Å². The second-order valence-electron chi connectivity index (χ2n) is 3.27. The number of nitrogens with zero attached hydrogens (tertiary/aromatic N) is 2. The van der Waals surface area contributed by atoms with Crippen molar-refractivity contribution >= 4 is 11.4 Å². The molecule has 16 heavy (non-hydrogen) atoms. The van der Waals surface area contributed by atoms with Crippen molar-refractivity contribution in [2.45, 2.75) is 0 Å². The van der Waals surface area contributed by atoms with Crippen molar-refractivity contribution in [2.24, 2.45) is 0 Å². The fraction of sp³-hybridized carbons (Fsp3) is 0. The number of benzene rings is 1. The molecule has 0 aliphatic rings. The summed E-state index contributed by atoms with van der Waals surface area (Å²) in [5, 5.41) is 0. The summed E-state index contributed by atoms with van der Waals surface area (Å²) in [6.45, 7) is 6.91. The Hall–Kier alpha value is -2.54. The van der Waals surface area contributed by atoms with E-state index >= 15 is 0 Å². The minimum absolute atomic E-state index is 0.190. The summed E-state index contributed by atoms with van der Waals surface area (Å²) in [7, 11) is 0. The van der Waals surface area contributed by atoms with Gasteiger partial charge in [-0.15, -0.1) is 0 Å². The zero-order valence-corrected chi connectivity index (χ0v) is 8.42. The molecule has 2 rings (SSSR count). The van der Waals surface area contributed by atoms with Crippen molar-refractivity contribution in [3.05, 3.63) is 64.4 Å². The third-order valence-corrected chi connectivity index (χ3v) is 2.21. The summed E-state index contributed by atoms with van der Waals surface area (Å²) in [4.78, 5) is 15.0. The third kappa shape index (κ3) is 1.66. The second kappa shape index (κ2) is 3.91. The molecule has 0 spiro atoms. The number of pyridine rings is 1. The first-order chi connectivity index (χ1) is 7.72. The van der Waals surface area contributed by atoms with Gasteiger partial charge in [0.1, 0.15) is 0 Å². The molecular formula is C12H9N3O. The number of aromatic nitrogens is 1. The molecule has 0 bridgehead atoms. The lowest BCUT2D eigenvalue weighted by atomic mass is 10.2. The van der Waals surface area contributed by atoms with E-state index in [0.717, 1.165) is 0 Å². The number of hydrogen-bond acceptors (Lipinski definition) is 2. The largest absolute Gasteiger partial charge is 0.394 e. The zero-order valence-electron chi connectivity index (χ0n) is 8.42. The summed E-state index contributed by atoms with van der Waals surface area (Å²) < 4.78 is 1.42. The first-order valence-corrected chi connectivity index (χ1v) is 4.67. The average molecular weight is 211 g/mol. The molecule has 78 valence electrons. The van der Waals surface area contributed by atoms with Crippen molar-refractivity contribution in [2.75, 3.05) is 5.73 Å². The quantitative estimate of drug-likeness (QED) is 0.733. The molecule has 4 heteroatoms. The molecule has 1 aromatic heterocycles. The summed E-state index contributed by atoms with van der Waals surface area (Å²) in [6, 6.07) is 10.1. The van der Waals surface area contributed by atoms with Crippen LogP contribution in [0.1, 0.15) is 0 Å². The van der Waals surface area contributed by atoms with Crippen LogP contribution >= 0.6 is 0 Å². The third-order valence-electron chi connectivity index (χ3n) is 2.21. The van der Waals surface area contributed by atoms with Crippen LogP contribution in [0.5, 0.6) is 0 Å². The molecular weight excluding hydrogens is 202 g/mol. The molecule has 0 fully saturated rings. The highest BCUT2D eigenvalue weighted by Gasteiger charge is 2.02. The predicted molar refractivity (Wildman–Crippen MR) is 62.7 cm³/mol. The van der Waals surface area contributed by atoms with E-state index in [9.17, 15) is 4.79 Å². The van der Waals surface area contributed by atoms with Crippen molar-refractivity contribution in [1.29, 1.82) is 0 Å². The van der Waals surface area contributed by atoms with Gasteiger partial charge in [-0.1, -0.05) is 12.1 Å². The number of nitrogen functional groups attached to an aromatic ring is 1. The van der Waals surface area contributed by atoms with Gasteiger partial charge in [-0.3, -0.25) is 9.36 Å². The standard InChI is InChI=1S/C12H9N3O/c1-14-9-4-2-5-10(8-9)15-7-3-6-11(13)12(15)16/h2-8H,13H2. The molecule has 0 aliphatic carbocycles. The SMILES string of the molecule is [C-]#[N+]c1cccc(-n2cccc(N)c2=O)c1. The fourth-order valence-electron chi connectivity index (χ4n) is 1.43. The Balaban J connectivity index is 2.64. The van der Waals surface area contributed by atoms with E-state index in [4.69, 9.17) is 12.3 Å². The van der Waals surface area contributed by atoms with Crippen LogP contribution in [-0.4, -0.2) is 4.57 Å². The van der Waals surface area contributed by atoms with Gasteiger partial charge >= 0.3 is 0 Å². The maximum Gasteiger partial charge on any atom is 0.278 e. The van der Waals surface area contributed by atoms with Crippen LogP contribution in [0.4, 0.5) is 11.4 Å². The lowest BCUT2D eigenvalue weighted by Gasteiger charge is -2.06. The van der Waals surface area contributed by atoms with E-state index in [2.05, 4.69) is 4.85 Å². The number of nitrogens with two attached hydrogens (primary N) is 1. The highest BCUT2D eigenvalue weighted by atomic mass is 16.1. The van der Waals surface area contributed by atoms with Gasteiger partial charge in [0.25, 0.3) is 5.56 Å². The summed E-state index contributed by atoms with van der Waals surface area (Å²) >= 11 is 0. The molecule has 2 aromatic rings. The molecule has 0 saturated carbocycles. The van der Waals surface area contributed by atoms with Gasteiger partial charge in [0, 0.05) is 11.9 Å². The van der Waals surface area contributed by atoms with Crippen LogP contribution in [0.2, 0.25) is 0 Å². The fourth-order valence-corrected chi connectivity index (χ4v) is 1.43.